The average molecular weight is 276 g/mol. The van der Waals surface area contributed by atoms with Gasteiger partial charge < -0.3 is 4.74 Å². The van der Waals surface area contributed by atoms with Crippen molar-refractivity contribution in [3.8, 4) is 0 Å². The van der Waals surface area contributed by atoms with Crippen LogP contribution in [0, 0.1) is 11.7 Å². The second-order valence-corrected chi connectivity index (χ2v) is 4.61. The van der Waals surface area contributed by atoms with Crippen molar-refractivity contribution in [2.24, 2.45) is 5.92 Å². The van der Waals surface area contributed by atoms with E-state index in [2.05, 4.69) is 4.74 Å². The standard InChI is InChI=1S/C13H12F4O2/c1-19-12(18)11(7-2-3-7)8-4-9(13(15,16)17)6-10(14)5-8/h4-7,11H,2-3H2,1H3. The predicted octanol–water partition coefficient (Wildman–Crippen LogP) is 3.51. The molecule has 0 heterocycles. The molecule has 1 saturated carbocycles. The van der Waals surface area contributed by atoms with Crippen molar-refractivity contribution in [3.05, 3.63) is 35.1 Å². The number of ether oxygens (including phenoxy) is 1. The van der Waals surface area contributed by atoms with Crippen LogP contribution >= 0.6 is 0 Å². The van der Waals surface area contributed by atoms with Gasteiger partial charge in [-0.15, -0.1) is 0 Å². The molecule has 0 radical (unpaired) electrons. The van der Waals surface area contributed by atoms with E-state index in [0.29, 0.717) is 6.07 Å². The van der Waals surface area contributed by atoms with Crippen molar-refractivity contribution in [2.45, 2.75) is 24.9 Å². The third-order valence-corrected chi connectivity index (χ3v) is 3.16. The average Bonchev–Trinajstić information content (AvgIpc) is 3.11. The van der Waals surface area contributed by atoms with Gasteiger partial charge in [0.2, 0.25) is 0 Å². The van der Waals surface area contributed by atoms with E-state index in [1.54, 1.807) is 0 Å². The second kappa shape index (κ2) is 4.83. The van der Waals surface area contributed by atoms with Crippen molar-refractivity contribution in [2.75, 3.05) is 7.11 Å². The molecule has 1 unspecified atom stereocenters. The quantitative estimate of drug-likeness (QED) is 0.623. The number of carbonyl (C=O) groups is 1. The summed E-state index contributed by atoms with van der Waals surface area (Å²) in [6.07, 6.45) is -3.17. The first-order valence-corrected chi connectivity index (χ1v) is 5.78. The summed E-state index contributed by atoms with van der Waals surface area (Å²) < 4.78 is 55.8. The topological polar surface area (TPSA) is 26.3 Å². The Morgan fingerprint density at radius 1 is 1.32 bits per heavy atom. The molecule has 104 valence electrons. The lowest BCUT2D eigenvalue weighted by atomic mass is 9.92. The third-order valence-electron chi connectivity index (χ3n) is 3.16. The number of hydrogen-bond acceptors (Lipinski definition) is 2. The molecule has 1 aliphatic rings. The van der Waals surface area contributed by atoms with Gasteiger partial charge in [0.1, 0.15) is 5.82 Å². The van der Waals surface area contributed by atoms with Gasteiger partial charge in [0.05, 0.1) is 18.6 Å². The fourth-order valence-corrected chi connectivity index (χ4v) is 2.11. The van der Waals surface area contributed by atoms with Crippen LogP contribution in [0.5, 0.6) is 0 Å². The largest absolute Gasteiger partial charge is 0.469 e. The van der Waals surface area contributed by atoms with Crippen LogP contribution in [0.1, 0.15) is 29.9 Å². The van der Waals surface area contributed by atoms with Gasteiger partial charge in [0.25, 0.3) is 0 Å². The lowest BCUT2D eigenvalue weighted by molar-refractivity contribution is -0.143. The van der Waals surface area contributed by atoms with Crippen LogP contribution < -0.4 is 0 Å². The lowest BCUT2D eigenvalue weighted by Crippen LogP contribution is -2.17. The van der Waals surface area contributed by atoms with E-state index < -0.39 is 29.4 Å². The third kappa shape index (κ3) is 3.05. The van der Waals surface area contributed by atoms with Gasteiger partial charge in [-0.2, -0.15) is 13.2 Å². The highest BCUT2D eigenvalue weighted by Gasteiger charge is 2.40. The van der Waals surface area contributed by atoms with E-state index in [9.17, 15) is 22.4 Å². The zero-order chi connectivity index (χ0) is 14.2. The zero-order valence-electron chi connectivity index (χ0n) is 10.1. The Morgan fingerprint density at radius 2 is 1.95 bits per heavy atom. The maximum Gasteiger partial charge on any atom is 0.416 e. The summed E-state index contributed by atoms with van der Waals surface area (Å²) in [5, 5.41) is 0. The molecule has 1 aromatic rings. The summed E-state index contributed by atoms with van der Waals surface area (Å²) in [6, 6.07) is 2.21. The molecule has 0 N–H and O–H groups in total. The smallest absolute Gasteiger partial charge is 0.416 e. The van der Waals surface area contributed by atoms with Crippen molar-refractivity contribution < 1.29 is 27.1 Å². The fraction of sp³-hybridized carbons (Fsp3) is 0.462. The Kier molecular flexibility index (Phi) is 3.52. The SMILES string of the molecule is COC(=O)C(c1cc(F)cc(C(F)(F)F)c1)C1CC1. The molecule has 0 aliphatic heterocycles. The Bertz CT molecular complexity index is 492. The van der Waals surface area contributed by atoms with E-state index >= 15 is 0 Å². The van der Waals surface area contributed by atoms with Gasteiger partial charge in [-0.25, -0.2) is 4.39 Å². The van der Waals surface area contributed by atoms with Gasteiger partial charge in [0.15, 0.2) is 0 Å². The van der Waals surface area contributed by atoms with E-state index in [4.69, 9.17) is 0 Å². The summed E-state index contributed by atoms with van der Waals surface area (Å²) in [5.74, 6) is -2.50. The minimum Gasteiger partial charge on any atom is -0.469 e. The van der Waals surface area contributed by atoms with Crippen LogP contribution in [-0.4, -0.2) is 13.1 Å². The van der Waals surface area contributed by atoms with Crippen LogP contribution in [0.15, 0.2) is 18.2 Å². The molecular weight excluding hydrogens is 264 g/mol. The number of rotatable bonds is 3. The molecule has 19 heavy (non-hydrogen) atoms. The van der Waals surface area contributed by atoms with E-state index in [-0.39, 0.29) is 11.5 Å². The molecule has 0 aromatic heterocycles. The molecule has 0 amide bonds. The monoisotopic (exact) mass is 276 g/mol. The van der Waals surface area contributed by atoms with Crippen molar-refractivity contribution in [3.63, 3.8) is 0 Å². The van der Waals surface area contributed by atoms with E-state index in [1.807, 2.05) is 0 Å². The number of methoxy groups -OCH3 is 1. The maximum absolute atomic E-state index is 13.3. The van der Waals surface area contributed by atoms with Crippen molar-refractivity contribution in [1.82, 2.24) is 0 Å². The molecule has 1 aliphatic carbocycles. The molecule has 1 aromatic carbocycles. The summed E-state index contributed by atoms with van der Waals surface area (Å²) >= 11 is 0. The van der Waals surface area contributed by atoms with E-state index in [0.717, 1.165) is 25.0 Å². The van der Waals surface area contributed by atoms with Crippen LogP contribution in [0.4, 0.5) is 17.6 Å². The fourth-order valence-electron chi connectivity index (χ4n) is 2.11. The Labute approximate surface area is 107 Å². The first kappa shape index (κ1) is 13.8. The van der Waals surface area contributed by atoms with Crippen LogP contribution in [-0.2, 0) is 15.7 Å². The maximum atomic E-state index is 13.3. The first-order chi connectivity index (χ1) is 8.82. The Hall–Kier alpha value is -1.59. The summed E-state index contributed by atoms with van der Waals surface area (Å²) in [7, 11) is 1.17. The van der Waals surface area contributed by atoms with Gasteiger partial charge in [-0.3, -0.25) is 4.79 Å². The highest BCUT2D eigenvalue weighted by Crippen LogP contribution is 2.44. The zero-order valence-corrected chi connectivity index (χ0v) is 10.1. The number of carbonyl (C=O) groups excluding carboxylic acids is 1. The molecule has 0 bridgehead atoms. The first-order valence-electron chi connectivity index (χ1n) is 5.78. The number of benzene rings is 1. The van der Waals surface area contributed by atoms with Crippen molar-refractivity contribution >= 4 is 5.97 Å². The normalized spacial score (nSPS) is 17.1. The highest BCUT2D eigenvalue weighted by atomic mass is 19.4. The van der Waals surface area contributed by atoms with Crippen LogP contribution in [0.25, 0.3) is 0 Å². The van der Waals surface area contributed by atoms with E-state index in [1.165, 1.54) is 7.11 Å². The number of esters is 1. The highest BCUT2D eigenvalue weighted by molar-refractivity contribution is 5.79. The lowest BCUT2D eigenvalue weighted by Gasteiger charge is -2.16. The second-order valence-electron chi connectivity index (χ2n) is 4.61. The molecule has 6 heteroatoms. The van der Waals surface area contributed by atoms with Gasteiger partial charge in [-0.1, -0.05) is 0 Å². The van der Waals surface area contributed by atoms with Gasteiger partial charge in [-0.05, 0) is 42.5 Å². The van der Waals surface area contributed by atoms with Gasteiger partial charge in [0, 0.05) is 0 Å². The minimum absolute atomic E-state index is 0.0293. The molecule has 2 rings (SSSR count). The Morgan fingerprint density at radius 3 is 2.42 bits per heavy atom. The number of halogens is 4. The van der Waals surface area contributed by atoms with Crippen LogP contribution in [0.2, 0.25) is 0 Å². The molecule has 1 fully saturated rings. The molecule has 0 saturated heterocycles. The molecular formula is C13H12F4O2. The molecule has 1 atom stereocenters. The minimum atomic E-state index is -4.64. The molecule has 0 spiro atoms. The van der Waals surface area contributed by atoms with Crippen molar-refractivity contribution in [1.29, 1.82) is 0 Å². The molecule has 2 nitrogen and oxygen atoms in total. The predicted molar refractivity (Wildman–Crippen MR) is 58.9 cm³/mol. The number of hydrogen-bond donors (Lipinski definition) is 0. The summed E-state index contributed by atoms with van der Waals surface area (Å²) in [5.41, 5.74) is -1.06. The van der Waals surface area contributed by atoms with Gasteiger partial charge >= 0.3 is 12.1 Å². The summed E-state index contributed by atoms with van der Waals surface area (Å²) in [4.78, 5) is 11.6. The van der Waals surface area contributed by atoms with Crippen LogP contribution in [0.3, 0.4) is 0 Å². The number of alkyl halides is 3. The Balaban J connectivity index is 2.42. The summed E-state index contributed by atoms with van der Waals surface area (Å²) in [6.45, 7) is 0.